The molecule has 2 heterocycles. The summed E-state index contributed by atoms with van der Waals surface area (Å²) >= 11 is 0. The molecule has 1 atom stereocenters. The smallest absolute Gasteiger partial charge is 0.142 e. The number of ether oxygens (including phenoxy) is 1. The van der Waals surface area contributed by atoms with Crippen LogP contribution >= 0.6 is 0 Å². The first-order valence-corrected chi connectivity index (χ1v) is 7.10. The molecule has 0 aliphatic carbocycles. The van der Waals surface area contributed by atoms with Crippen molar-refractivity contribution in [2.24, 2.45) is 0 Å². The highest BCUT2D eigenvalue weighted by atomic mass is 16.5. The van der Waals surface area contributed by atoms with E-state index in [4.69, 9.17) is 4.74 Å². The Bertz CT molecular complexity index is 347. The Morgan fingerprint density at radius 3 is 3.00 bits per heavy atom. The van der Waals surface area contributed by atoms with Crippen molar-refractivity contribution in [3.63, 3.8) is 0 Å². The van der Waals surface area contributed by atoms with Gasteiger partial charge in [0, 0.05) is 38.6 Å². The van der Waals surface area contributed by atoms with Crippen LogP contribution in [-0.4, -0.2) is 54.3 Å². The molecule has 2 rings (SSSR count). The summed E-state index contributed by atoms with van der Waals surface area (Å²) in [7, 11) is 1.74. The number of nitrogens with zero attached hydrogens (tertiary/aromatic N) is 3. The molecular formula is C14H24N4O. The van der Waals surface area contributed by atoms with E-state index < -0.39 is 0 Å². The second-order valence-corrected chi connectivity index (χ2v) is 4.98. The van der Waals surface area contributed by atoms with Crippen LogP contribution in [0.3, 0.4) is 0 Å². The zero-order valence-electron chi connectivity index (χ0n) is 11.7. The predicted octanol–water partition coefficient (Wildman–Crippen LogP) is 1.07. The lowest BCUT2D eigenvalue weighted by molar-refractivity contribution is 0.130. The van der Waals surface area contributed by atoms with E-state index in [9.17, 15) is 0 Å². The van der Waals surface area contributed by atoms with Crippen LogP contribution in [0.2, 0.25) is 0 Å². The van der Waals surface area contributed by atoms with Gasteiger partial charge in [0.15, 0.2) is 0 Å². The molecule has 1 aliphatic rings. The molecule has 0 radical (unpaired) electrons. The Balaban J connectivity index is 1.82. The molecule has 1 saturated heterocycles. The molecule has 1 aromatic rings. The van der Waals surface area contributed by atoms with Crippen LogP contribution in [0.1, 0.15) is 25.1 Å². The van der Waals surface area contributed by atoms with Gasteiger partial charge in [-0.25, -0.2) is 9.97 Å². The number of hydrogen-bond donors (Lipinski definition) is 1. The molecule has 0 spiro atoms. The van der Waals surface area contributed by atoms with Gasteiger partial charge in [-0.2, -0.15) is 0 Å². The predicted molar refractivity (Wildman–Crippen MR) is 74.8 cm³/mol. The van der Waals surface area contributed by atoms with E-state index in [0.29, 0.717) is 6.04 Å². The SMILES string of the molecule is COCCNCC1CCCCN1Cc1ncccn1. The van der Waals surface area contributed by atoms with Crippen LogP contribution in [0.15, 0.2) is 18.5 Å². The van der Waals surface area contributed by atoms with Gasteiger partial charge in [-0.15, -0.1) is 0 Å². The molecule has 1 aromatic heterocycles. The molecule has 0 amide bonds. The molecule has 1 fully saturated rings. The van der Waals surface area contributed by atoms with Crippen LogP contribution < -0.4 is 5.32 Å². The third kappa shape index (κ3) is 4.86. The van der Waals surface area contributed by atoms with Crippen LogP contribution in [0.25, 0.3) is 0 Å². The second-order valence-electron chi connectivity index (χ2n) is 4.98. The van der Waals surface area contributed by atoms with Crippen molar-refractivity contribution in [3.8, 4) is 0 Å². The first kappa shape index (κ1) is 14.4. The van der Waals surface area contributed by atoms with Gasteiger partial charge in [0.1, 0.15) is 5.82 Å². The Labute approximate surface area is 115 Å². The van der Waals surface area contributed by atoms with Crippen molar-refractivity contribution in [1.82, 2.24) is 20.2 Å². The fourth-order valence-electron chi connectivity index (χ4n) is 2.54. The van der Waals surface area contributed by atoms with Crippen LogP contribution in [0.5, 0.6) is 0 Å². The van der Waals surface area contributed by atoms with Gasteiger partial charge in [0.2, 0.25) is 0 Å². The lowest BCUT2D eigenvalue weighted by atomic mass is 10.0. The van der Waals surface area contributed by atoms with Gasteiger partial charge < -0.3 is 10.1 Å². The van der Waals surface area contributed by atoms with Crippen LogP contribution in [-0.2, 0) is 11.3 Å². The van der Waals surface area contributed by atoms with E-state index in [1.165, 1.54) is 19.3 Å². The van der Waals surface area contributed by atoms with E-state index in [0.717, 1.165) is 38.6 Å². The lowest BCUT2D eigenvalue weighted by Crippen LogP contribution is -2.45. The number of piperidine rings is 1. The molecular weight excluding hydrogens is 240 g/mol. The lowest BCUT2D eigenvalue weighted by Gasteiger charge is -2.35. The number of rotatable bonds is 7. The van der Waals surface area contributed by atoms with Gasteiger partial charge in [0.25, 0.3) is 0 Å². The topological polar surface area (TPSA) is 50.3 Å². The van der Waals surface area contributed by atoms with Crippen molar-refractivity contribution in [2.45, 2.75) is 31.8 Å². The molecule has 0 bridgehead atoms. The van der Waals surface area contributed by atoms with Gasteiger partial charge in [0.05, 0.1) is 13.2 Å². The highest BCUT2D eigenvalue weighted by Gasteiger charge is 2.22. The van der Waals surface area contributed by atoms with Gasteiger partial charge in [-0.05, 0) is 25.5 Å². The fraction of sp³-hybridized carbons (Fsp3) is 0.714. The summed E-state index contributed by atoms with van der Waals surface area (Å²) in [6.07, 6.45) is 7.49. The second kappa shape index (κ2) is 8.19. The average molecular weight is 264 g/mol. The first-order chi connectivity index (χ1) is 9.40. The summed E-state index contributed by atoms with van der Waals surface area (Å²) in [5.41, 5.74) is 0. The maximum absolute atomic E-state index is 5.06. The van der Waals surface area contributed by atoms with E-state index in [-0.39, 0.29) is 0 Å². The molecule has 1 N–H and O–H groups in total. The molecule has 19 heavy (non-hydrogen) atoms. The minimum atomic E-state index is 0.592. The summed E-state index contributed by atoms with van der Waals surface area (Å²) in [5.74, 6) is 0.922. The summed E-state index contributed by atoms with van der Waals surface area (Å²) in [4.78, 5) is 11.1. The summed E-state index contributed by atoms with van der Waals surface area (Å²) < 4.78 is 5.06. The molecule has 106 valence electrons. The maximum Gasteiger partial charge on any atom is 0.142 e. The molecule has 5 nitrogen and oxygen atoms in total. The molecule has 1 aliphatic heterocycles. The number of methoxy groups -OCH3 is 1. The van der Waals surface area contributed by atoms with E-state index >= 15 is 0 Å². The Morgan fingerprint density at radius 1 is 1.37 bits per heavy atom. The van der Waals surface area contributed by atoms with Crippen molar-refractivity contribution < 1.29 is 4.74 Å². The highest BCUT2D eigenvalue weighted by molar-refractivity contribution is 4.90. The quantitative estimate of drug-likeness (QED) is 0.747. The highest BCUT2D eigenvalue weighted by Crippen LogP contribution is 2.17. The van der Waals surface area contributed by atoms with Gasteiger partial charge in [-0.1, -0.05) is 6.42 Å². The number of hydrogen-bond acceptors (Lipinski definition) is 5. The van der Waals surface area contributed by atoms with Crippen LogP contribution in [0.4, 0.5) is 0 Å². The Kier molecular flexibility index (Phi) is 6.20. The number of likely N-dealkylation sites (tertiary alicyclic amines) is 1. The summed E-state index contributed by atoms with van der Waals surface area (Å²) in [5, 5.41) is 3.46. The standard InChI is InChI=1S/C14H24N4O/c1-19-10-8-15-11-13-5-2-3-9-18(13)12-14-16-6-4-7-17-14/h4,6-7,13,15H,2-3,5,8-12H2,1H3. The zero-order valence-corrected chi connectivity index (χ0v) is 11.7. The minimum Gasteiger partial charge on any atom is -0.383 e. The monoisotopic (exact) mass is 264 g/mol. The zero-order chi connectivity index (χ0) is 13.3. The summed E-state index contributed by atoms with van der Waals surface area (Å²) in [6.45, 7) is 4.72. The van der Waals surface area contributed by atoms with Gasteiger partial charge in [-0.3, -0.25) is 4.90 Å². The van der Waals surface area contributed by atoms with Crippen molar-refractivity contribution in [3.05, 3.63) is 24.3 Å². The van der Waals surface area contributed by atoms with Crippen molar-refractivity contribution >= 4 is 0 Å². The summed E-state index contributed by atoms with van der Waals surface area (Å²) in [6, 6.07) is 2.46. The molecule has 5 heteroatoms. The third-order valence-electron chi connectivity index (χ3n) is 3.58. The van der Waals surface area contributed by atoms with E-state index in [1.807, 2.05) is 18.5 Å². The molecule has 1 unspecified atom stereocenters. The van der Waals surface area contributed by atoms with Gasteiger partial charge >= 0.3 is 0 Å². The Morgan fingerprint density at radius 2 is 2.21 bits per heavy atom. The first-order valence-electron chi connectivity index (χ1n) is 7.10. The molecule has 0 aromatic carbocycles. The Hall–Kier alpha value is -1.04. The number of aromatic nitrogens is 2. The maximum atomic E-state index is 5.06. The molecule has 0 saturated carbocycles. The average Bonchev–Trinajstić information content (AvgIpc) is 2.46. The minimum absolute atomic E-state index is 0.592. The van der Waals surface area contributed by atoms with Crippen LogP contribution in [0, 0.1) is 0 Å². The van der Waals surface area contributed by atoms with E-state index in [2.05, 4.69) is 20.2 Å². The normalized spacial score (nSPS) is 20.6. The largest absolute Gasteiger partial charge is 0.383 e. The third-order valence-corrected chi connectivity index (χ3v) is 3.58. The van der Waals surface area contributed by atoms with Crippen molar-refractivity contribution in [1.29, 1.82) is 0 Å². The van der Waals surface area contributed by atoms with Crippen molar-refractivity contribution in [2.75, 3.05) is 33.4 Å². The number of nitrogens with one attached hydrogen (secondary N) is 1. The fourth-order valence-corrected chi connectivity index (χ4v) is 2.54. The van der Waals surface area contributed by atoms with E-state index in [1.54, 1.807) is 7.11 Å².